The molecular formula is C10H14N2O2. The van der Waals surface area contributed by atoms with Gasteiger partial charge in [-0.2, -0.15) is 5.26 Å². The molecule has 3 atom stereocenters. The minimum Gasteiger partial charge on any atom is -0.371 e. The van der Waals surface area contributed by atoms with Gasteiger partial charge < -0.3 is 10.4 Å². The zero-order valence-electron chi connectivity index (χ0n) is 8.21. The van der Waals surface area contributed by atoms with Crippen molar-refractivity contribution in [2.75, 3.05) is 0 Å². The molecule has 76 valence electrons. The van der Waals surface area contributed by atoms with Crippen molar-refractivity contribution in [1.29, 1.82) is 5.26 Å². The van der Waals surface area contributed by atoms with Gasteiger partial charge in [0.1, 0.15) is 11.6 Å². The molecule has 4 nitrogen and oxygen atoms in total. The summed E-state index contributed by atoms with van der Waals surface area (Å²) in [6, 6.07) is 2.04. The van der Waals surface area contributed by atoms with Crippen LogP contribution in [0.3, 0.4) is 0 Å². The lowest BCUT2D eigenvalue weighted by atomic mass is 9.62. The van der Waals surface area contributed by atoms with Crippen LogP contribution in [0.25, 0.3) is 0 Å². The normalized spacial score (nSPS) is 46.6. The van der Waals surface area contributed by atoms with Crippen LogP contribution in [0, 0.1) is 22.7 Å². The second kappa shape index (κ2) is 2.71. The van der Waals surface area contributed by atoms with Crippen LogP contribution in [-0.4, -0.2) is 16.7 Å². The average Bonchev–Trinajstić information content (AvgIpc) is 2.00. The minimum absolute atomic E-state index is 0.316. The topological polar surface area (TPSA) is 73.1 Å². The largest absolute Gasteiger partial charge is 0.371 e. The van der Waals surface area contributed by atoms with Crippen LogP contribution in [-0.2, 0) is 4.79 Å². The third-order valence-corrected chi connectivity index (χ3v) is 3.48. The smallest absolute Gasteiger partial charge is 0.240 e. The van der Waals surface area contributed by atoms with Crippen molar-refractivity contribution in [2.45, 2.75) is 38.3 Å². The molecule has 2 N–H and O–H groups in total. The van der Waals surface area contributed by atoms with Gasteiger partial charge >= 0.3 is 0 Å². The molecule has 2 bridgehead atoms. The van der Waals surface area contributed by atoms with E-state index in [1.807, 2.05) is 13.0 Å². The lowest BCUT2D eigenvalue weighted by molar-refractivity contribution is -0.157. The van der Waals surface area contributed by atoms with E-state index in [1.54, 1.807) is 0 Å². The average molecular weight is 194 g/mol. The van der Waals surface area contributed by atoms with Crippen LogP contribution in [0.1, 0.15) is 32.6 Å². The number of amides is 1. The Labute approximate surface area is 82.9 Å². The Morgan fingerprint density at radius 2 is 2.36 bits per heavy atom. The molecule has 2 fully saturated rings. The first-order valence-corrected chi connectivity index (χ1v) is 4.93. The Bertz CT molecular complexity index is 323. The van der Waals surface area contributed by atoms with Gasteiger partial charge in [-0.1, -0.05) is 6.92 Å². The Morgan fingerprint density at radius 1 is 1.64 bits per heavy atom. The molecule has 1 heterocycles. The minimum atomic E-state index is -1.06. The molecule has 2 rings (SSSR count). The monoisotopic (exact) mass is 194 g/mol. The van der Waals surface area contributed by atoms with E-state index in [2.05, 4.69) is 5.32 Å². The third kappa shape index (κ3) is 1.20. The SMILES string of the molecule is CC12CCCC(O)(C1)NC(=O)C2C#N. The van der Waals surface area contributed by atoms with Gasteiger partial charge in [-0.25, -0.2) is 0 Å². The highest BCUT2D eigenvalue weighted by Gasteiger charge is 2.53. The van der Waals surface area contributed by atoms with Crippen molar-refractivity contribution in [3.05, 3.63) is 0 Å². The number of nitriles is 1. The number of nitrogens with one attached hydrogen (secondary N) is 1. The molecule has 0 radical (unpaired) electrons. The van der Waals surface area contributed by atoms with Crippen LogP contribution >= 0.6 is 0 Å². The first kappa shape index (κ1) is 9.47. The number of rotatable bonds is 0. The maximum absolute atomic E-state index is 11.6. The summed E-state index contributed by atoms with van der Waals surface area (Å²) < 4.78 is 0. The van der Waals surface area contributed by atoms with Crippen molar-refractivity contribution in [3.63, 3.8) is 0 Å². The van der Waals surface area contributed by atoms with Crippen molar-refractivity contribution in [1.82, 2.24) is 5.32 Å². The molecule has 3 unspecified atom stereocenters. The van der Waals surface area contributed by atoms with E-state index < -0.39 is 11.6 Å². The quantitative estimate of drug-likeness (QED) is 0.590. The molecule has 1 amide bonds. The summed E-state index contributed by atoms with van der Waals surface area (Å²) in [4.78, 5) is 11.6. The molecule has 4 heteroatoms. The van der Waals surface area contributed by atoms with Gasteiger partial charge in [-0.15, -0.1) is 0 Å². The van der Waals surface area contributed by atoms with Crippen LogP contribution in [0.15, 0.2) is 0 Å². The Morgan fingerprint density at radius 3 is 3.00 bits per heavy atom. The molecule has 0 aromatic heterocycles. The van der Waals surface area contributed by atoms with Gasteiger partial charge in [-0.3, -0.25) is 4.79 Å². The van der Waals surface area contributed by atoms with Gasteiger partial charge in [0.2, 0.25) is 5.91 Å². The zero-order valence-corrected chi connectivity index (χ0v) is 8.21. The fraction of sp³-hybridized carbons (Fsp3) is 0.800. The molecule has 1 aliphatic carbocycles. The van der Waals surface area contributed by atoms with Crippen LogP contribution in [0.4, 0.5) is 0 Å². The summed E-state index contributed by atoms with van der Waals surface area (Å²) in [5, 5.41) is 21.5. The van der Waals surface area contributed by atoms with Crippen LogP contribution in [0.5, 0.6) is 0 Å². The van der Waals surface area contributed by atoms with E-state index in [-0.39, 0.29) is 11.3 Å². The van der Waals surface area contributed by atoms with Gasteiger partial charge in [0.15, 0.2) is 0 Å². The molecule has 0 spiro atoms. The van der Waals surface area contributed by atoms with Gasteiger partial charge in [0.25, 0.3) is 0 Å². The molecule has 0 aromatic rings. The van der Waals surface area contributed by atoms with E-state index in [1.165, 1.54) is 0 Å². The third-order valence-electron chi connectivity index (χ3n) is 3.48. The van der Waals surface area contributed by atoms with Gasteiger partial charge in [0.05, 0.1) is 6.07 Å². The lowest BCUT2D eigenvalue weighted by Gasteiger charge is -2.49. The summed E-state index contributed by atoms with van der Waals surface area (Å²) in [6.07, 6.45) is 2.82. The van der Waals surface area contributed by atoms with Crippen molar-refractivity contribution >= 4 is 5.91 Å². The van der Waals surface area contributed by atoms with Crippen molar-refractivity contribution in [3.8, 4) is 6.07 Å². The second-order valence-corrected chi connectivity index (χ2v) is 4.77. The summed E-state index contributed by atoms with van der Waals surface area (Å²) in [6.45, 7) is 1.92. The molecule has 1 aliphatic heterocycles. The summed E-state index contributed by atoms with van der Waals surface area (Å²) >= 11 is 0. The van der Waals surface area contributed by atoms with E-state index in [4.69, 9.17) is 5.26 Å². The first-order valence-electron chi connectivity index (χ1n) is 4.93. The van der Waals surface area contributed by atoms with E-state index in [9.17, 15) is 9.90 Å². The molecule has 14 heavy (non-hydrogen) atoms. The Kier molecular flexibility index (Phi) is 1.83. The summed E-state index contributed by atoms with van der Waals surface area (Å²) in [5.41, 5.74) is -1.40. The zero-order chi connectivity index (χ0) is 10.4. The fourth-order valence-corrected chi connectivity index (χ4v) is 2.82. The Balaban J connectivity index is 2.36. The van der Waals surface area contributed by atoms with E-state index in [0.29, 0.717) is 12.8 Å². The number of aliphatic hydroxyl groups is 1. The van der Waals surface area contributed by atoms with Gasteiger partial charge in [0, 0.05) is 6.42 Å². The number of hydrogen-bond donors (Lipinski definition) is 2. The van der Waals surface area contributed by atoms with Crippen molar-refractivity contribution in [2.24, 2.45) is 11.3 Å². The highest BCUT2D eigenvalue weighted by atomic mass is 16.3. The second-order valence-electron chi connectivity index (χ2n) is 4.77. The fourth-order valence-electron chi connectivity index (χ4n) is 2.82. The summed E-state index contributed by atoms with van der Waals surface area (Å²) in [5.74, 6) is -0.925. The van der Waals surface area contributed by atoms with Gasteiger partial charge in [-0.05, 0) is 24.7 Å². The molecule has 1 saturated carbocycles. The molecule has 2 aliphatic rings. The number of nitrogens with zero attached hydrogens (tertiary/aromatic N) is 1. The Hall–Kier alpha value is -1.08. The van der Waals surface area contributed by atoms with E-state index >= 15 is 0 Å². The standard InChI is InChI=1S/C10H14N2O2/c1-9-3-2-4-10(14,6-9)12-8(13)7(9)5-11/h7,14H,2-4,6H2,1H3,(H,12,13). The summed E-state index contributed by atoms with van der Waals surface area (Å²) in [7, 11) is 0. The number of carbonyl (C=O) groups is 1. The highest BCUT2D eigenvalue weighted by molar-refractivity contribution is 5.83. The lowest BCUT2D eigenvalue weighted by Crippen LogP contribution is -2.62. The number of carbonyl (C=O) groups excluding carboxylic acids is 1. The van der Waals surface area contributed by atoms with Crippen LogP contribution < -0.4 is 5.32 Å². The first-order chi connectivity index (χ1) is 6.49. The van der Waals surface area contributed by atoms with Crippen LogP contribution in [0.2, 0.25) is 0 Å². The maximum atomic E-state index is 11.6. The predicted octanol–water partition coefficient (Wildman–Crippen LogP) is 0.525. The molecular weight excluding hydrogens is 180 g/mol. The highest BCUT2D eigenvalue weighted by Crippen LogP contribution is 2.48. The number of piperidine rings is 1. The predicted molar refractivity (Wildman–Crippen MR) is 48.8 cm³/mol. The van der Waals surface area contributed by atoms with Crippen molar-refractivity contribution < 1.29 is 9.90 Å². The molecule has 0 aromatic carbocycles. The maximum Gasteiger partial charge on any atom is 0.240 e. The number of hydrogen-bond acceptors (Lipinski definition) is 3. The number of fused-ring (bicyclic) bond motifs is 2. The molecule has 1 saturated heterocycles. The van der Waals surface area contributed by atoms with E-state index in [0.717, 1.165) is 12.8 Å².